The molecule has 0 saturated heterocycles. The van der Waals surface area contributed by atoms with Crippen LogP contribution in [-0.2, 0) is 5.41 Å². The molecule has 5 nitrogen and oxygen atoms in total. The highest BCUT2D eigenvalue weighted by Gasteiger charge is 2.22. The van der Waals surface area contributed by atoms with E-state index in [4.69, 9.17) is 15.2 Å². The fourth-order valence-corrected chi connectivity index (χ4v) is 3.33. The number of ether oxygens (including phenoxy) is 2. The second-order valence-electron chi connectivity index (χ2n) is 9.28. The van der Waals surface area contributed by atoms with E-state index in [2.05, 4.69) is 13.8 Å². The Morgan fingerprint density at radius 3 is 1.91 bits per heavy atom. The molecule has 2 N–H and O–H groups in total. The van der Waals surface area contributed by atoms with Crippen molar-refractivity contribution in [1.29, 1.82) is 0 Å². The first-order valence-electron chi connectivity index (χ1n) is 11.1. The van der Waals surface area contributed by atoms with E-state index in [9.17, 15) is 9.59 Å². The van der Waals surface area contributed by atoms with E-state index in [0.717, 1.165) is 17.5 Å². The summed E-state index contributed by atoms with van der Waals surface area (Å²) in [5.41, 5.74) is 8.47. The summed E-state index contributed by atoms with van der Waals surface area (Å²) >= 11 is 0. The van der Waals surface area contributed by atoms with Gasteiger partial charge in [-0.1, -0.05) is 52.8 Å². The third kappa shape index (κ3) is 6.22. The first-order valence-corrected chi connectivity index (χ1v) is 11.1. The fraction of sp³-hybridized carbons (Fsp3) is 0.286. The summed E-state index contributed by atoms with van der Waals surface area (Å²) in [6.45, 7) is 10.3. The topological polar surface area (TPSA) is 78.6 Å². The average Bonchev–Trinajstić information content (AvgIpc) is 2.77. The molecule has 0 aliphatic carbocycles. The van der Waals surface area contributed by atoms with Gasteiger partial charge in [-0.25, -0.2) is 9.59 Å². The number of benzene rings is 3. The van der Waals surface area contributed by atoms with Crippen LogP contribution in [0, 0.1) is 0 Å². The lowest BCUT2D eigenvalue weighted by molar-refractivity contribution is 0.0734. The van der Waals surface area contributed by atoms with Crippen LogP contribution >= 0.6 is 0 Å². The number of hydrogen-bond acceptors (Lipinski definition) is 5. The van der Waals surface area contributed by atoms with Crippen molar-refractivity contribution in [3.8, 4) is 11.5 Å². The van der Waals surface area contributed by atoms with Crippen molar-refractivity contribution >= 4 is 17.6 Å². The molecule has 0 bridgehead atoms. The van der Waals surface area contributed by atoms with Crippen LogP contribution in [0.15, 0.2) is 66.7 Å². The van der Waals surface area contributed by atoms with Gasteiger partial charge in [0.05, 0.1) is 11.1 Å². The van der Waals surface area contributed by atoms with E-state index in [1.165, 1.54) is 6.07 Å². The Balaban J connectivity index is 1.91. The van der Waals surface area contributed by atoms with E-state index in [0.29, 0.717) is 23.1 Å². The first kappa shape index (κ1) is 24.1. The molecule has 0 amide bonds. The highest BCUT2D eigenvalue weighted by molar-refractivity contribution is 5.97. The molecule has 3 rings (SSSR count). The summed E-state index contributed by atoms with van der Waals surface area (Å²) in [7, 11) is 0. The smallest absolute Gasteiger partial charge is 0.343 e. The molecule has 3 aromatic rings. The molecule has 0 fully saturated rings. The SMILES string of the molecule is CCC(C)c1cccc(OC(=O)c2cc(C(=O)Oc3cccc(N)c3)cc(C(C)(C)C)c2)c1. The van der Waals surface area contributed by atoms with Gasteiger partial charge in [-0.05, 0) is 71.3 Å². The largest absolute Gasteiger partial charge is 0.423 e. The lowest BCUT2D eigenvalue weighted by Crippen LogP contribution is -2.18. The second kappa shape index (κ2) is 9.90. The lowest BCUT2D eigenvalue weighted by atomic mass is 9.85. The van der Waals surface area contributed by atoms with E-state index < -0.39 is 11.9 Å². The maximum Gasteiger partial charge on any atom is 0.343 e. The van der Waals surface area contributed by atoms with Crippen LogP contribution < -0.4 is 15.2 Å². The van der Waals surface area contributed by atoms with Gasteiger partial charge in [-0.2, -0.15) is 0 Å². The van der Waals surface area contributed by atoms with Crippen molar-refractivity contribution in [2.75, 3.05) is 5.73 Å². The monoisotopic (exact) mass is 445 g/mol. The lowest BCUT2D eigenvalue weighted by Gasteiger charge is -2.21. The maximum atomic E-state index is 13.0. The van der Waals surface area contributed by atoms with Gasteiger partial charge in [-0.3, -0.25) is 0 Å². The highest BCUT2D eigenvalue weighted by Crippen LogP contribution is 2.27. The molecular weight excluding hydrogens is 414 g/mol. The molecule has 1 atom stereocenters. The van der Waals surface area contributed by atoms with Gasteiger partial charge in [0.2, 0.25) is 0 Å². The van der Waals surface area contributed by atoms with E-state index in [1.54, 1.807) is 42.5 Å². The number of anilines is 1. The van der Waals surface area contributed by atoms with Gasteiger partial charge in [0.25, 0.3) is 0 Å². The minimum Gasteiger partial charge on any atom is -0.423 e. The molecule has 0 spiro atoms. The number of carbonyl (C=O) groups is 2. The van der Waals surface area contributed by atoms with E-state index >= 15 is 0 Å². The van der Waals surface area contributed by atoms with Crippen molar-refractivity contribution in [2.45, 2.75) is 52.4 Å². The van der Waals surface area contributed by atoms with Crippen LogP contribution in [-0.4, -0.2) is 11.9 Å². The molecule has 0 radical (unpaired) electrons. The molecule has 3 aromatic carbocycles. The normalized spacial score (nSPS) is 12.2. The van der Waals surface area contributed by atoms with Crippen LogP contribution in [0.3, 0.4) is 0 Å². The Hall–Kier alpha value is -3.60. The van der Waals surface area contributed by atoms with E-state index in [-0.39, 0.29) is 16.5 Å². The maximum absolute atomic E-state index is 13.0. The minimum absolute atomic E-state index is 0.269. The molecule has 0 aliphatic rings. The zero-order chi connectivity index (χ0) is 24.2. The van der Waals surface area contributed by atoms with Crippen molar-refractivity contribution in [1.82, 2.24) is 0 Å². The van der Waals surface area contributed by atoms with Crippen molar-refractivity contribution < 1.29 is 19.1 Å². The number of rotatable bonds is 6. The Kier molecular flexibility index (Phi) is 7.22. The predicted molar refractivity (Wildman–Crippen MR) is 131 cm³/mol. The quantitative estimate of drug-likeness (QED) is 0.265. The van der Waals surface area contributed by atoms with Gasteiger partial charge in [0.1, 0.15) is 11.5 Å². The van der Waals surface area contributed by atoms with E-state index in [1.807, 2.05) is 39.0 Å². The summed E-state index contributed by atoms with van der Waals surface area (Å²) in [6.07, 6.45) is 0.990. The van der Waals surface area contributed by atoms with Crippen molar-refractivity contribution in [3.05, 3.63) is 89.0 Å². The van der Waals surface area contributed by atoms with Crippen LogP contribution in [0.5, 0.6) is 11.5 Å². The minimum atomic E-state index is -0.570. The zero-order valence-corrected chi connectivity index (χ0v) is 19.8. The van der Waals surface area contributed by atoms with Gasteiger partial charge >= 0.3 is 11.9 Å². The number of carbonyl (C=O) groups excluding carboxylic acids is 2. The Labute approximate surface area is 195 Å². The standard InChI is InChI=1S/C28H31NO4/c1-6-18(2)19-9-7-11-24(16-19)32-26(30)20-13-21(15-22(14-20)28(3,4)5)27(31)33-25-12-8-10-23(29)17-25/h7-18H,6,29H2,1-5H3. The van der Waals surface area contributed by atoms with Gasteiger partial charge in [0, 0.05) is 11.8 Å². The van der Waals surface area contributed by atoms with Gasteiger partial charge in [0.15, 0.2) is 0 Å². The molecule has 0 aliphatic heterocycles. The molecule has 5 heteroatoms. The summed E-state index contributed by atoms with van der Waals surface area (Å²) < 4.78 is 11.1. The molecule has 1 unspecified atom stereocenters. The number of esters is 2. The van der Waals surface area contributed by atoms with Crippen molar-refractivity contribution in [2.24, 2.45) is 0 Å². The van der Waals surface area contributed by atoms with Crippen LogP contribution in [0.1, 0.15) is 78.8 Å². The Morgan fingerprint density at radius 1 is 0.848 bits per heavy atom. The predicted octanol–water partition coefficient (Wildman–Crippen LogP) is 6.52. The summed E-state index contributed by atoms with van der Waals surface area (Å²) in [5, 5.41) is 0. The van der Waals surface area contributed by atoms with Crippen LogP contribution in [0.25, 0.3) is 0 Å². The van der Waals surface area contributed by atoms with Crippen molar-refractivity contribution in [3.63, 3.8) is 0 Å². The Morgan fingerprint density at radius 2 is 1.39 bits per heavy atom. The summed E-state index contributed by atoms with van der Waals surface area (Å²) in [5.74, 6) is 0.0798. The Bertz CT molecular complexity index is 1160. The van der Waals surface area contributed by atoms with Gasteiger partial charge in [-0.15, -0.1) is 0 Å². The summed E-state index contributed by atoms with van der Waals surface area (Å²) in [4.78, 5) is 25.9. The fourth-order valence-electron chi connectivity index (χ4n) is 3.33. The first-order chi connectivity index (χ1) is 15.6. The number of hydrogen-bond donors (Lipinski definition) is 1. The summed E-state index contributed by atoms with van der Waals surface area (Å²) in [6, 6.07) is 19.2. The molecule has 33 heavy (non-hydrogen) atoms. The third-order valence-electron chi connectivity index (χ3n) is 5.59. The molecular formula is C28H31NO4. The molecule has 0 aromatic heterocycles. The number of nitrogens with two attached hydrogens (primary N) is 1. The van der Waals surface area contributed by atoms with Crippen LogP contribution in [0.2, 0.25) is 0 Å². The number of nitrogen functional groups attached to an aromatic ring is 1. The van der Waals surface area contributed by atoms with Gasteiger partial charge < -0.3 is 15.2 Å². The molecule has 0 saturated carbocycles. The van der Waals surface area contributed by atoms with Crippen LogP contribution in [0.4, 0.5) is 5.69 Å². The molecule has 172 valence electrons. The average molecular weight is 446 g/mol. The highest BCUT2D eigenvalue weighted by atomic mass is 16.5. The third-order valence-corrected chi connectivity index (χ3v) is 5.59. The zero-order valence-electron chi connectivity index (χ0n) is 19.8. The molecule has 0 heterocycles. The second-order valence-corrected chi connectivity index (χ2v) is 9.28.